The minimum Gasteiger partial charge on any atom is -0.315 e. The van der Waals surface area contributed by atoms with Crippen molar-refractivity contribution < 1.29 is 4.79 Å². The minimum absolute atomic E-state index is 0. The summed E-state index contributed by atoms with van der Waals surface area (Å²) in [6.45, 7) is 2.46. The number of hydrogen-bond donors (Lipinski definition) is 2. The highest BCUT2D eigenvalue weighted by Gasteiger charge is 2.18. The molecule has 4 rings (SSSR count). The summed E-state index contributed by atoms with van der Waals surface area (Å²) in [5.41, 5.74) is 1.40. The van der Waals surface area contributed by atoms with Crippen molar-refractivity contribution in [3.63, 3.8) is 0 Å². The second-order valence-electron chi connectivity index (χ2n) is 6.53. The van der Waals surface area contributed by atoms with Crippen LogP contribution in [0.1, 0.15) is 34.9 Å². The van der Waals surface area contributed by atoms with Crippen LogP contribution in [0.5, 0.6) is 0 Å². The average molecular weight is 422 g/mol. The SMILES string of the molecule is Cl.O=C(Nc1ncn(Cc2ccc(Cl)cc2)n1)c1ccn(C2CCCNC2)n1. The van der Waals surface area contributed by atoms with E-state index in [1.165, 1.54) is 0 Å². The summed E-state index contributed by atoms with van der Waals surface area (Å²) in [5, 5.41) is 15.4. The van der Waals surface area contributed by atoms with Crippen molar-refractivity contribution in [3.8, 4) is 0 Å². The summed E-state index contributed by atoms with van der Waals surface area (Å²) in [7, 11) is 0. The topological polar surface area (TPSA) is 89.7 Å². The van der Waals surface area contributed by atoms with Crippen molar-refractivity contribution in [2.45, 2.75) is 25.4 Å². The first kappa shape index (κ1) is 20.3. The van der Waals surface area contributed by atoms with Gasteiger partial charge in [-0.05, 0) is 43.1 Å². The maximum Gasteiger partial charge on any atom is 0.278 e. The first-order valence-corrected chi connectivity index (χ1v) is 9.26. The highest BCUT2D eigenvalue weighted by molar-refractivity contribution is 6.30. The van der Waals surface area contributed by atoms with E-state index in [2.05, 4.69) is 25.8 Å². The van der Waals surface area contributed by atoms with Gasteiger partial charge in [0.2, 0.25) is 5.95 Å². The van der Waals surface area contributed by atoms with Gasteiger partial charge in [0.1, 0.15) is 6.33 Å². The zero-order valence-corrected chi connectivity index (χ0v) is 16.7. The number of nitrogens with one attached hydrogen (secondary N) is 2. The van der Waals surface area contributed by atoms with Crippen LogP contribution in [0.15, 0.2) is 42.9 Å². The fourth-order valence-electron chi connectivity index (χ4n) is 3.09. The largest absolute Gasteiger partial charge is 0.315 e. The lowest BCUT2D eigenvalue weighted by molar-refractivity contribution is 0.102. The molecule has 148 valence electrons. The van der Waals surface area contributed by atoms with Gasteiger partial charge in [-0.1, -0.05) is 23.7 Å². The van der Waals surface area contributed by atoms with Crippen molar-refractivity contribution in [1.29, 1.82) is 0 Å². The Kier molecular flexibility index (Phi) is 6.66. The number of halogens is 2. The summed E-state index contributed by atoms with van der Waals surface area (Å²) in [5.74, 6) is -0.0652. The van der Waals surface area contributed by atoms with Crippen LogP contribution >= 0.6 is 24.0 Å². The number of piperidine rings is 1. The monoisotopic (exact) mass is 421 g/mol. The third kappa shape index (κ3) is 4.89. The molecular formula is C18H21Cl2N7O. The number of hydrogen-bond acceptors (Lipinski definition) is 5. The standard InChI is InChI=1S/C18H20ClN7O.ClH/c19-14-5-3-13(4-6-14)11-25-12-21-18(24-25)22-17(27)16-7-9-26(23-16)15-2-1-8-20-10-15;/h3-7,9,12,15,20H,1-2,8,10-11H2,(H,22,24,27);1H. The van der Waals surface area contributed by atoms with Crippen LogP contribution in [-0.2, 0) is 6.54 Å². The maximum absolute atomic E-state index is 12.4. The average Bonchev–Trinajstić information content (AvgIpc) is 3.34. The van der Waals surface area contributed by atoms with Gasteiger partial charge in [0.05, 0.1) is 12.6 Å². The molecule has 1 saturated heterocycles. The van der Waals surface area contributed by atoms with E-state index in [-0.39, 0.29) is 30.3 Å². The van der Waals surface area contributed by atoms with Crippen LogP contribution in [0.3, 0.4) is 0 Å². The van der Waals surface area contributed by atoms with Gasteiger partial charge in [-0.25, -0.2) is 9.67 Å². The number of carbonyl (C=O) groups excluding carboxylic acids is 1. The molecule has 28 heavy (non-hydrogen) atoms. The van der Waals surface area contributed by atoms with Crippen LogP contribution in [0.2, 0.25) is 5.02 Å². The molecular weight excluding hydrogens is 401 g/mol. The van der Waals surface area contributed by atoms with Crippen molar-refractivity contribution in [2.75, 3.05) is 18.4 Å². The molecule has 1 fully saturated rings. The number of benzene rings is 1. The highest BCUT2D eigenvalue weighted by Crippen LogP contribution is 2.16. The van der Waals surface area contributed by atoms with Gasteiger partial charge in [-0.2, -0.15) is 5.10 Å². The van der Waals surface area contributed by atoms with Crippen molar-refractivity contribution in [2.24, 2.45) is 0 Å². The van der Waals surface area contributed by atoms with Crippen molar-refractivity contribution in [1.82, 2.24) is 29.9 Å². The molecule has 10 heteroatoms. The number of aromatic nitrogens is 5. The van der Waals surface area contributed by atoms with Gasteiger partial charge in [0.15, 0.2) is 5.69 Å². The highest BCUT2D eigenvalue weighted by atomic mass is 35.5. The van der Waals surface area contributed by atoms with Crippen LogP contribution in [0.4, 0.5) is 5.95 Å². The molecule has 1 aliphatic rings. The van der Waals surface area contributed by atoms with Crippen LogP contribution in [0, 0.1) is 0 Å². The lowest BCUT2D eigenvalue weighted by Crippen LogP contribution is -2.32. The molecule has 3 heterocycles. The minimum atomic E-state index is -0.318. The summed E-state index contributed by atoms with van der Waals surface area (Å²) in [6, 6.07) is 9.51. The third-order valence-corrected chi connectivity index (χ3v) is 4.76. The summed E-state index contributed by atoms with van der Waals surface area (Å²) >= 11 is 5.89. The van der Waals surface area contributed by atoms with Crippen molar-refractivity contribution in [3.05, 3.63) is 59.1 Å². The molecule has 8 nitrogen and oxygen atoms in total. The molecule has 1 unspecified atom stereocenters. The van der Waals surface area contributed by atoms with E-state index in [0.717, 1.165) is 31.5 Å². The third-order valence-electron chi connectivity index (χ3n) is 4.51. The molecule has 0 saturated carbocycles. The molecule has 1 aromatic carbocycles. The van der Waals surface area contributed by atoms with E-state index in [1.54, 1.807) is 17.1 Å². The van der Waals surface area contributed by atoms with Gasteiger partial charge < -0.3 is 5.32 Å². The second kappa shape index (κ2) is 9.18. The van der Waals surface area contributed by atoms with E-state index < -0.39 is 0 Å². The van der Waals surface area contributed by atoms with E-state index in [0.29, 0.717) is 17.3 Å². The number of carbonyl (C=O) groups is 1. The molecule has 3 aromatic rings. The second-order valence-corrected chi connectivity index (χ2v) is 6.96. The van der Waals surface area contributed by atoms with Gasteiger partial charge in [0, 0.05) is 17.8 Å². The smallest absolute Gasteiger partial charge is 0.278 e. The molecule has 0 spiro atoms. The number of anilines is 1. The molecule has 2 N–H and O–H groups in total. The normalized spacial score (nSPS) is 16.4. The lowest BCUT2D eigenvalue weighted by Gasteiger charge is -2.22. The Morgan fingerprint density at radius 2 is 2.07 bits per heavy atom. The van der Waals surface area contributed by atoms with Crippen LogP contribution in [-0.4, -0.2) is 43.5 Å². The molecule has 0 aliphatic carbocycles. The lowest BCUT2D eigenvalue weighted by atomic mass is 10.1. The first-order valence-electron chi connectivity index (χ1n) is 8.88. The molecule has 0 radical (unpaired) electrons. The zero-order chi connectivity index (χ0) is 18.6. The Morgan fingerprint density at radius 3 is 2.82 bits per heavy atom. The Balaban J connectivity index is 0.00000225. The van der Waals surface area contributed by atoms with Gasteiger partial charge in [0.25, 0.3) is 5.91 Å². The Labute approximate surface area is 173 Å². The fourth-order valence-corrected chi connectivity index (χ4v) is 3.22. The Bertz CT molecular complexity index is 916. The van der Waals surface area contributed by atoms with E-state index >= 15 is 0 Å². The van der Waals surface area contributed by atoms with Gasteiger partial charge >= 0.3 is 0 Å². The molecule has 1 aliphatic heterocycles. The predicted molar refractivity (Wildman–Crippen MR) is 109 cm³/mol. The molecule has 0 bridgehead atoms. The summed E-state index contributed by atoms with van der Waals surface area (Å²) < 4.78 is 3.51. The predicted octanol–water partition coefficient (Wildman–Crippen LogP) is 2.77. The molecule has 1 atom stereocenters. The van der Waals surface area contributed by atoms with Gasteiger partial charge in [-0.3, -0.25) is 14.8 Å². The van der Waals surface area contributed by atoms with E-state index in [1.807, 2.05) is 35.1 Å². The van der Waals surface area contributed by atoms with Crippen molar-refractivity contribution >= 4 is 35.9 Å². The fraction of sp³-hybridized carbons (Fsp3) is 0.333. The van der Waals surface area contributed by atoms with Crippen LogP contribution < -0.4 is 10.6 Å². The Morgan fingerprint density at radius 1 is 1.25 bits per heavy atom. The number of rotatable bonds is 5. The van der Waals surface area contributed by atoms with E-state index in [4.69, 9.17) is 11.6 Å². The molecule has 2 aromatic heterocycles. The summed E-state index contributed by atoms with van der Waals surface area (Å²) in [4.78, 5) is 16.6. The maximum atomic E-state index is 12.4. The summed E-state index contributed by atoms with van der Waals surface area (Å²) in [6.07, 6.45) is 5.60. The van der Waals surface area contributed by atoms with Gasteiger partial charge in [-0.15, -0.1) is 17.5 Å². The van der Waals surface area contributed by atoms with Crippen LogP contribution in [0.25, 0.3) is 0 Å². The number of nitrogens with zero attached hydrogens (tertiary/aromatic N) is 5. The Hall–Kier alpha value is -2.42. The van der Waals surface area contributed by atoms with E-state index in [9.17, 15) is 4.79 Å². The zero-order valence-electron chi connectivity index (χ0n) is 15.1. The quantitative estimate of drug-likeness (QED) is 0.660. The molecule has 1 amide bonds. The first-order chi connectivity index (χ1) is 13.2. The number of amides is 1.